The summed E-state index contributed by atoms with van der Waals surface area (Å²) in [6.45, 7) is 3.94. The average molecular weight is 322 g/mol. The maximum Gasteiger partial charge on any atom is 0.416 e. The summed E-state index contributed by atoms with van der Waals surface area (Å²) in [5.41, 5.74) is 0.447. The van der Waals surface area contributed by atoms with Crippen LogP contribution < -0.4 is 10.6 Å². The predicted molar refractivity (Wildman–Crippen MR) is 84.6 cm³/mol. The van der Waals surface area contributed by atoms with E-state index in [0.717, 1.165) is 17.8 Å². The molecule has 0 saturated heterocycles. The molecule has 0 aromatic heterocycles. The standard InChI is InChI=1S/C17H17F3N2O/c1-11(2)21-14-7-3-5-12(9-14)16(23)22-15-8-4-6-13(10-15)17(18,19)20/h3-11,21H,1-2H3,(H,22,23). The molecule has 0 unspecified atom stereocenters. The van der Waals surface area contributed by atoms with Gasteiger partial charge in [0, 0.05) is 23.0 Å². The molecule has 0 aliphatic rings. The van der Waals surface area contributed by atoms with Gasteiger partial charge >= 0.3 is 6.18 Å². The summed E-state index contributed by atoms with van der Waals surface area (Å²) in [5.74, 6) is -0.461. The van der Waals surface area contributed by atoms with Crippen LogP contribution in [-0.4, -0.2) is 11.9 Å². The summed E-state index contributed by atoms with van der Waals surface area (Å²) in [7, 11) is 0. The fourth-order valence-corrected chi connectivity index (χ4v) is 2.06. The van der Waals surface area contributed by atoms with Gasteiger partial charge in [-0.15, -0.1) is 0 Å². The molecule has 0 saturated carbocycles. The zero-order valence-electron chi connectivity index (χ0n) is 12.7. The Morgan fingerprint density at radius 2 is 1.65 bits per heavy atom. The van der Waals surface area contributed by atoms with Crippen molar-refractivity contribution in [1.29, 1.82) is 0 Å². The van der Waals surface area contributed by atoms with Crippen molar-refractivity contribution < 1.29 is 18.0 Å². The number of rotatable bonds is 4. The molecule has 0 radical (unpaired) electrons. The topological polar surface area (TPSA) is 41.1 Å². The first-order valence-electron chi connectivity index (χ1n) is 7.11. The molecule has 2 rings (SSSR count). The van der Waals surface area contributed by atoms with Crippen molar-refractivity contribution in [3.8, 4) is 0 Å². The van der Waals surface area contributed by atoms with E-state index in [4.69, 9.17) is 0 Å². The summed E-state index contributed by atoms with van der Waals surface area (Å²) < 4.78 is 38.0. The van der Waals surface area contributed by atoms with Gasteiger partial charge in [-0.25, -0.2) is 0 Å². The number of hydrogen-bond donors (Lipinski definition) is 2. The quantitative estimate of drug-likeness (QED) is 0.850. The van der Waals surface area contributed by atoms with Crippen molar-refractivity contribution in [2.24, 2.45) is 0 Å². The first-order chi connectivity index (χ1) is 10.8. The first-order valence-corrected chi connectivity index (χ1v) is 7.11. The monoisotopic (exact) mass is 322 g/mol. The number of nitrogens with one attached hydrogen (secondary N) is 2. The Hall–Kier alpha value is -2.50. The fraction of sp³-hybridized carbons (Fsp3) is 0.235. The van der Waals surface area contributed by atoms with Crippen molar-refractivity contribution in [3.63, 3.8) is 0 Å². The van der Waals surface area contributed by atoms with Crippen LogP contribution in [0.3, 0.4) is 0 Å². The third-order valence-electron chi connectivity index (χ3n) is 3.03. The summed E-state index contributed by atoms with van der Waals surface area (Å²) in [6, 6.07) is 11.6. The Kier molecular flexibility index (Phi) is 4.93. The molecule has 0 heterocycles. The lowest BCUT2D eigenvalue weighted by Gasteiger charge is -2.12. The van der Waals surface area contributed by atoms with Gasteiger partial charge in [-0.2, -0.15) is 13.2 Å². The molecule has 2 N–H and O–H groups in total. The summed E-state index contributed by atoms with van der Waals surface area (Å²) >= 11 is 0. The molecule has 3 nitrogen and oxygen atoms in total. The molecule has 0 bridgehead atoms. The van der Waals surface area contributed by atoms with Crippen LogP contribution in [0.15, 0.2) is 48.5 Å². The maximum absolute atomic E-state index is 12.7. The third-order valence-corrected chi connectivity index (χ3v) is 3.03. The molecule has 2 aromatic rings. The highest BCUT2D eigenvalue weighted by atomic mass is 19.4. The first kappa shape index (κ1) is 16.9. The number of hydrogen-bond acceptors (Lipinski definition) is 2. The van der Waals surface area contributed by atoms with Gasteiger partial charge in [0.25, 0.3) is 5.91 Å². The fourth-order valence-electron chi connectivity index (χ4n) is 2.06. The number of halogens is 3. The highest BCUT2D eigenvalue weighted by molar-refractivity contribution is 6.04. The smallest absolute Gasteiger partial charge is 0.383 e. The molecule has 6 heteroatoms. The Morgan fingerprint density at radius 1 is 1.00 bits per heavy atom. The average Bonchev–Trinajstić information content (AvgIpc) is 2.46. The molecule has 0 aliphatic heterocycles. The van der Waals surface area contributed by atoms with Gasteiger partial charge in [0.1, 0.15) is 0 Å². The largest absolute Gasteiger partial charge is 0.416 e. The van der Waals surface area contributed by atoms with Crippen LogP contribution in [0.5, 0.6) is 0 Å². The van der Waals surface area contributed by atoms with Crippen LogP contribution in [0.2, 0.25) is 0 Å². The van der Waals surface area contributed by atoms with E-state index < -0.39 is 17.6 Å². The van der Waals surface area contributed by atoms with Crippen LogP contribution in [0, 0.1) is 0 Å². The van der Waals surface area contributed by atoms with Crippen LogP contribution >= 0.6 is 0 Å². The van der Waals surface area contributed by atoms with E-state index in [1.165, 1.54) is 12.1 Å². The van der Waals surface area contributed by atoms with Crippen LogP contribution in [-0.2, 0) is 6.18 Å². The van der Waals surface area contributed by atoms with Crippen molar-refractivity contribution in [2.75, 3.05) is 10.6 Å². The van der Waals surface area contributed by atoms with Crippen molar-refractivity contribution in [1.82, 2.24) is 0 Å². The zero-order valence-corrected chi connectivity index (χ0v) is 12.7. The lowest BCUT2D eigenvalue weighted by Crippen LogP contribution is -2.14. The Labute approximate surface area is 132 Å². The number of benzene rings is 2. The molecule has 1 amide bonds. The van der Waals surface area contributed by atoms with E-state index in [-0.39, 0.29) is 11.7 Å². The van der Waals surface area contributed by atoms with Crippen molar-refractivity contribution in [2.45, 2.75) is 26.1 Å². The summed E-state index contributed by atoms with van der Waals surface area (Å²) in [5, 5.41) is 5.65. The highest BCUT2D eigenvalue weighted by Gasteiger charge is 2.30. The minimum Gasteiger partial charge on any atom is -0.383 e. The number of anilines is 2. The minimum absolute atomic E-state index is 0.104. The normalized spacial score (nSPS) is 11.4. The highest BCUT2D eigenvalue weighted by Crippen LogP contribution is 2.30. The maximum atomic E-state index is 12.7. The second-order valence-corrected chi connectivity index (χ2v) is 5.41. The van der Waals surface area contributed by atoms with E-state index in [1.807, 2.05) is 19.9 Å². The number of carbonyl (C=O) groups excluding carboxylic acids is 1. The van der Waals surface area contributed by atoms with Crippen molar-refractivity contribution >= 4 is 17.3 Å². The number of carbonyl (C=O) groups is 1. The van der Waals surface area contributed by atoms with Gasteiger partial charge in [-0.3, -0.25) is 4.79 Å². The van der Waals surface area contributed by atoms with Gasteiger partial charge in [-0.05, 0) is 50.2 Å². The molecule has 0 fully saturated rings. The van der Waals surface area contributed by atoms with Crippen LogP contribution in [0.4, 0.5) is 24.5 Å². The lowest BCUT2D eigenvalue weighted by atomic mass is 10.1. The van der Waals surface area contributed by atoms with E-state index in [0.29, 0.717) is 5.56 Å². The molecule has 0 spiro atoms. The van der Waals surface area contributed by atoms with Gasteiger partial charge in [0.15, 0.2) is 0 Å². The Balaban J connectivity index is 2.16. The molecular formula is C17H17F3N2O. The Morgan fingerprint density at radius 3 is 2.30 bits per heavy atom. The Bertz CT molecular complexity index is 696. The van der Waals surface area contributed by atoms with E-state index >= 15 is 0 Å². The molecule has 0 atom stereocenters. The van der Waals surface area contributed by atoms with Gasteiger partial charge in [0.05, 0.1) is 5.56 Å². The number of alkyl halides is 3. The van der Waals surface area contributed by atoms with E-state index in [1.54, 1.807) is 18.2 Å². The van der Waals surface area contributed by atoms with E-state index in [9.17, 15) is 18.0 Å². The summed E-state index contributed by atoms with van der Waals surface area (Å²) in [6.07, 6.45) is -4.44. The molecule has 0 aliphatic carbocycles. The van der Waals surface area contributed by atoms with Crippen LogP contribution in [0.25, 0.3) is 0 Å². The SMILES string of the molecule is CC(C)Nc1cccc(C(=O)Nc2cccc(C(F)(F)F)c2)c1. The van der Waals surface area contributed by atoms with Gasteiger partial charge in [0.2, 0.25) is 0 Å². The zero-order chi connectivity index (χ0) is 17.0. The minimum atomic E-state index is -4.44. The molecular weight excluding hydrogens is 305 g/mol. The number of amides is 1. The second-order valence-electron chi connectivity index (χ2n) is 5.41. The lowest BCUT2D eigenvalue weighted by molar-refractivity contribution is -0.137. The second kappa shape index (κ2) is 6.73. The molecule has 122 valence electrons. The predicted octanol–water partition coefficient (Wildman–Crippen LogP) is 4.78. The summed E-state index contributed by atoms with van der Waals surface area (Å²) in [4.78, 5) is 12.2. The van der Waals surface area contributed by atoms with E-state index in [2.05, 4.69) is 10.6 Å². The molecule has 23 heavy (non-hydrogen) atoms. The van der Waals surface area contributed by atoms with Gasteiger partial charge < -0.3 is 10.6 Å². The van der Waals surface area contributed by atoms with Crippen molar-refractivity contribution in [3.05, 3.63) is 59.7 Å². The van der Waals surface area contributed by atoms with Gasteiger partial charge in [-0.1, -0.05) is 12.1 Å². The molecule has 2 aromatic carbocycles. The third kappa shape index (κ3) is 4.74. The van der Waals surface area contributed by atoms with Crippen LogP contribution in [0.1, 0.15) is 29.8 Å².